The maximum atomic E-state index is 14.9. The van der Waals surface area contributed by atoms with E-state index in [4.69, 9.17) is 14.7 Å². The Morgan fingerprint density at radius 1 is 1.00 bits per heavy atom. The van der Waals surface area contributed by atoms with Crippen LogP contribution in [0.5, 0.6) is 0 Å². The predicted molar refractivity (Wildman–Crippen MR) is 128 cm³/mol. The number of fused-ring (bicyclic) bond motifs is 1. The van der Waals surface area contributed by atoms with Gasteiger partial charge in [-0.1, -0.05) is 0 Å². The Labute approximate surface area is 202 Å². The van der Waals surface area contributed by atoms with Crippen LogP contribution in [0.25, 0.3) is 22.3 Å². The number of pyridine rings is 1. The maximum Gasteiger partial charge on any atom is 0.135 e. The molecule has 3 atom stereocenters. The summed E-state index contributed by atoms with van der Waals surface area (Å²) >= 11 is 0. The minimum Gasteiger partial charge on any atom is -0.370 e. The molecule has 180 valence electrons. The van der Waals surface area contributed by atoms with E-state index in [0.717, 1.165) is 41.6 Å². The number of aryl methyl sites for hydroxylation is 2. The number of benzene rings is 1. The Morgan fingerprint density at radius 2 is 1.80 bits per heavy atom. The van der Waals surface area contributed by atoms with Crippen molar-refractivity contribution in [2.24, 2.45) is 0 Å². The van der Waals surface area contributed by atoms with E-state index in [1.807, 2.05) is 30.8 Å². The van der Waals surface area contributed by atoms with E-state index in [2.05, 4.69) is 23.2 Å². The molecule has 0 N–H and O–H groups in total. The summed E-state index contributed by atoms with van der Waals surface area (Å²) < 4.78 is 36.9. The standard InChI is InChI=1S/C27H27F2N5O/c1-14-8-17(9-25(35-14)18-12-30-34(13-18)20-5-6-20)23-11-24-27(32-16(3)15(2)31-24)26(33-23)21-7-4-19(28)10-22(21)29/h4,7,10-14,17,20,25H,5-6,8-9H2,1-3H3/t14-,17+,25+/m0/s1. The first-order chi connectivity index (χ1) is 16.9. The zero-order chi connectivity index (χ0) is 24.3. The van der Waals surface area contributed by atoms with Gasteiger partial charge in [0, 0.05) is 35.0 Å². The van der Waals surface area contributed by atoms with E-state index in [0.29, 0.717) is 22.8 Å². The van der Waals surface area contributed by atoms with Gasteiger partial charge >= 0.3 is 0 Å². The van der Waals surface area contributed by atoms with E-state index in [9.17, 15) is 8.78 Å². The summed E-state index contributed by atoms with van der Waals surface area (Å²) in [4.78, 5) is 14.3. The Morgan fingerprint density at radius 3 is 2.57 bits per heavy atom. The molecule has 6 rings (SSSR count). The van der Waals surface area contributed by atoms with Crippen molar-refractivity contribution in [3.05, 3.63) is 70.9 Å². The third-order valence-electron chi connectivity index (χ3n) is 7.11. The summed E-state index contributed by atoms with van der Waals surface area (Å²) in [5.74, 6) is -1.21. The van der Waals surface area contributed by atoms with E-state index >= 15 is 0 Å². The molecule has 0 unspecified atom stereocenters. The summed E-state index contributed by atoms with van der Waals surface area (Å²) in [6.07, 6.45) is 7.82. The Hall–Kier alpha value is -3.26. The highest BCUT2D eigenvalue weighted by atomic mass is 19.1. The molecule has 35 heavy (non-hydrogen) atoms. The highest BCUT2D eigenvalue weighted by Crippen LogP contribution is 2.42. The monoisotopic (exact) mass is 475 g/mol. The fraction of sp³-hybridized carbons (Fsp3) is 0.407. The summed E-state index contributed by atoms with van der Waals surface area (Å²) in [5.41, 5.74) is 5.25. The van der Waals surface area contributed by atoms with Crippen molar-refractivity contribution in [2.45, 2.75) is 70.6 Å². The van der Waals surface area contributed by atoms with Crippen molar-refractivity contribution >= 4 is 11.0 Å². The van der Waals surface area contributed by atoms with Gasteiger partial charge in [0.2, 0.25) is 0 Å². The zero-order valence-corrected chi connectivity index (χ0v) is 20.0. The van der Waals surface area contributed by atoms with E-state index in [1.54, 1.807) is 0 Å². The van der Waals surface area contributed by atoms with Crippen LogP contribution < -0.4 is 0 Å². The molecule has 1 saturated heterocycles. The first kappa shape index (κ1) is 22.2. The molecule has 1 aromatic carbocycles. The van der Waals surface area contributed by atoms with Crippen LogP contribution in [-0.2, 0) is 4.74 Å². The largest absolute Gasteiger partial charge is 0.370 e. The number of rotatable bonds is 4. The van der Waals surface area contributed by atoms with Gasteiger partial charge in [0.25, 0.3) is 0 Å². The van der Waals surface area contributed by atoms with Crippen LogP contribution in [0.1, 0.15) is 73.3 Å². The summed E-state index contributed by atoms with van der Waals surface area (Å²) in [6, 6.07) is 6.04. The third-order valence-corrected chi connectivity index (χ3v) is 7.11. The van der Waals surface area contributed by atoms with Gasteiger partial charge in [0.1, 0.15) is 22.8 Å². The number of halogens is 2. The first-order valence-electron chi connectivity index (χ1n) is 12.2. The molecule has 0 radical (unpaired) electrons. The van der Waals surface area contributed by atoms with Crippen molar-refractivity contribution in [3.63, 3.8) is 0 Å². The van der Waals surface area contributed by atoms with Crippen molar-refractivity contribution < 1.29 is 13.5 Å². The van der Waals surface area contributed by atoms with E-state index in [-0.39, 0.29) is 23.7 Å². The molecule has 1 aliphatic carbocycles. The molecular formula is C27H27F2N5O. The van der Waals surface area contributed by atoms with Crippen molar-refractivity contribution in [3.8, 4) is 11.3 Å². The van der Waals surface area contributed by atoms with Crippen molar-refractivity contribution in [1.29, 1.82) is 0 Å². The molecule has 2 aliphatic rings. The van der Waals surface area contributed by atoms with Gasteiger partial charge in [0.15, 0.2) is 0 Å². The lowest BCUT2D eigenvalue weighted by molar-refractivity contribution is -0.0506. The minimum absolute atomic E-state index is 0.0253. The van der Waals surface area contributed by atoms with Gasteiger partial charge in [-0.05, 0) is 64.7 Å². The van der Waals surface area contributed by atoms with Crippen LogP contribution in [0.4, 0.5) is 8.78 Å². The molecule has 0 bridgehead atoms. The van der Waals surface area contributed by atoms with Gasteiger partial charge in [-0.3, -0.25) is 4.68 Å². The number of nitrogens with zero attached hydrogens (tertiary/aromatic N) is 5. The topological polar surface area (TPSA) is 65.7 Å². The summed E-state index contributed by atoms with van der Waals surface area (Å²) in [7, 11) is 0. The lowest BCUT2D eigenvalue weighted by Crippen LogP contribution is -2.25. The van der Waals surface area contributed by atoms with Crippen LogP contribution in [0.15, 0.2) is 36.7 Å². The van der Waals surface area contributed by atoms with Gasteiger partial charge in [-0.25, -0.2) is 23.7 Å². The summed E-state index contributed by atoms with van der Waals surface area (Å²) in [6.45, 7) is 5.84. The molecule has 1 saturated carbocycles. The van der Waals surface area contributed by atoms with Gasteiger partial charge in [0.05, 0.1) is 41.4 Å². The zero-order valence-electron chi connectivity index (χ0n) is 20.0. The highest BCUT2D eigenvalue weighted by molar-refractivity contribution is 5.89. The van der Waals surface area contributed by atoms with Gasteiger partial charge in [-0.2, -0.15) is 5.10 Å². The van der Waals surface area contributed by atoms with E-state index < -0.39 is 11.6 Å². The molecule has 6 nitrogen and oxygen atoms in total. The molecule has 4 aromatic rings. The second-order valence-corrected chi connectivity index (χ2v) is 9.87. The first-order valence-corrected chi connectivity index (χ1v) is 12.2. The van der Waals surface area contributed by atoms with Gasteiger partial charge < -0.3 is 4.74 Å². The van der Waals surface area contributed by atoms with Crippen molar-refractivity contribution in [1.82, 2.24) is 24.7 Å². The molecule has 8 heteroatoms. The lowest BCUT2D eigenvalue weighted by Gasteiger charge is -2.33. The smallest absolute Gasteiger partial charge is 0.135 e. The van der Waals surface area contributed by atoms with Crippen LogP contribution in [0.3, 0.4) is 0 Å². The Bertz CT molecular complexity index is 1430. The lowest BCUT2D eigenvalue weighted by atomic mass is 9.87. The van der Waals surface area contributed by atoms with E-state index in [1.165, 1.54) is 25.0 Å². The molecular weight excluding hydrogens is 448 g/mol. The molecule has 0 amide bonds. The molecule has 1 aliphatic heterocycles. The fourth-order valence-corrected chi connectivity index (χ4v) is 4.99. The van der Waals surface area contributed by atoms with Gasteiger partial charge in [-0.15, -0.1) is 0 Å². The minimum atomic E-state index is -0.665. The highest BCUT2D eigenvalue weighted by Gasteiger charge is 2.33. The normalized spacial score (nSPS) is 22.6. The summed E-state index contributed by atoms with van der Waals surface area (Å²) in [5, 5.41) is 4.54. The van der Waals surface area contributed by atoms with Crippen LogP contribution in [-0.4, -0.2) is 30.8 Å². The predicted octanol–water partition coefficient (Wildman–Crippen LogP) is 6.14. The molecule has 4 heterocycles. The van der Waals surface area contributed by atoms with Crippen LogP contribution >= 0.6 is 0 Å². The Balaban J connectivity index is 1.43. The Kier molecular flexibility index (Phi) is 5.36. The van der Waals surface area contributed by atoms with Crippen molar-refractivity contribution in [2.75, 3.05) is 0 Å². The SMILES string of the molecule is Cc1nc2cc([C@@H]3C[C@H](C)O[C@@H](c4cnn(C5CC5)c4)C3)nc(-c3ccc(F)cc3F)c2nc1C. The second kappa shape index (κ2) is 8.45. The maximum absolute atomic E-state index is 14.9. The molecule has 3 aromatic heterocycles. The fourth-order valence-electron chi connectivity index (χ4n) is 4.99. The van der Waals surface area contributed by atoms with Crippen LogP contribution in [0, 0.1) is 25.5 Å². The molecule has 2 fully saturated rings. The average molecular weight is 476 g/mol. The number of hydrogen-bond acceptors (Lipinski definition) is 5. The number of hydrogen-bond donors (Lipinski definition) is 0. The third kappa shape index (κ3) is 4.20. The molecule has 0 spiro atoms. The number of aromatic nitrogens is 5. The quantitative estimate of drug-likeness (QED) is 0.355. The number of ether oxygens (including phenoxy) is 1. The van der Waals surface area contributed by atoms with Crippen LogP contribution in [0.2, 0.25) is 0 Å². The average Bonchev–Trinajstić information content (AvgIpc) is 3.55. The second-order valence-electron chi connectivity index (χ2n) is 9.87.